The molecule has 0 unspecified atom stereocenters. The molecule has 0 N–H and O–H groups in total. The molecular weight excluding hydrogens is 633 g/mol. The largest absolute Gasteiger partial charge is 0.314 e. The van der Waals surface area contributed by atoms with Gasteiger partial charge in [-0.2, -0.15) is 0 Å². The molecule has 0 fully saturated rings. The van der Waals surface area contributed by atoms with E-state index in [1.807, 2.05) is 0 Å². The number of nitrogens with zero attached hydrogens (tertiary/aromatic N) is 4. The predicted molar refractivity (Wildman–Crippen MR) is 218 cm³/mol. The molecule has 4 heteroatoms. The Hall–Kier alpha value is -6.52. The molecule has 0 atom stereocenters. The van der Waals surface area contributed by atoms with Gasteiger partial charge in [-0.3, -0.25) is 0 Å². The van der Waals surface area contributed by atoms with Crippen molar-refractivity contribution in [1.82, 2.24) is 18.3 Å². The maximum absolute atomic E-state index is 2.43. The van der Waals surface area contributed by atoms with Crippen molar-refractivity contribution in [3.8, 4) is 33.9 Å². The van der Waals surface area contributed by atoms with Crippen LogP contribution in [0.2, 0.25) is 0 Å². The number of para-hydroxylation sites is 2. The molecule has 0 bridgehead atoms. The minimum Gasteiger partial charge on any atom is -0.314 e. The molecule has 4 nitrogen and oxygen atoms in total. The zero-order valence-electron chi connectivity index (χ0n) is 29.8. The molecule has 0 aliphatic heterocycles. The Morgan fingerprint density at radius 3 is 1.12 bits per heavy atom. The highest BCUT2D eigenvalue weighted by Gasteiger charge is 2.18. The van der Waals surface area contributed by atoms with E-state index in [0.717, 1.165) is 11.4 Å². The van der Waals surface area contributed by atoms with E-state index in [2.05, 4.69) is 204 Å². The second-order valence-corrected chi connectivity index (χ2v) is 14.1. The molecule has 10 aromatic rings. The molecule has 0 aliphatic carbocycles. The van der Waals surface area contributed by atoms with Crippen molar-refractivity contribution in [2.24, 2.45) is 0 Å². The average molecular weight is 671 g/mol. The van der Waals surface area contributed by atoms with Gasteiger partial charge >= 0.3 is 0 Å². The SMILES string of the molecule is Cc1cc2c(ccc3cc(C)n(-c4cccc(-c5cccc(-n6c(C)cc7ccc8c(cc(C)n8-c8ccccc8)c76)c5)c4)c32)n1-c1ccccc1. The van der Waals surface area contributed by atoms with E-state index >= 15 is 0 Å². The summed E-state index contributed by atoms with van der Waals surface area (Å²) < 4.78 is 9.59. The van der Waals surface area contributed by atoms with Crippen LogP contribution >= 0.6 is 0 Å². The Morgan fingerprint density at radius 2 is 0.692 bits per heavy atom. The van der Waals surface area contributed by atoms with Crippen molar-refractivity contribution in [2.45, 2.75) is 27.7 Å². The van der Waals surface area contributed by atoms with Crippen LogP contribution in [0.15, 0.2) is 158 Å². The highest BCUT2D eigenvalue weighted by Crippen LogP contribution is 2.37. The van der Waals surface area contributed by atoms with E-state index < -0.39 is 0 Å². The Bertz CT molecular complexity index is 2780. The number of aryl methyl sites for hydroxylation is 4. The van der Waals surface area contributed by atoms with Gasteiger partial charge in [0.25, 0.3) is 0 Å². The lowest BCUT2D eigenvalue weighted by Gasteiger charge is -2.14. The molecular formula is C48H38N4. The standard InChI is InChI=1S/C48H38N4/c1-31-25-37-21-23-45-43(27-33(3)49(45)39-15-7-5-8-16-39)47(37)51(31)41-19-11-13-35(29-41)36-14-12-20-42(30-36)52-32(2)26-38-22-24-46-44(48(38)52)28-34(4)50(46)40-17-9-6-10-18-40/h5-30H,1-4H3. The first-order chi connectivity index (χ1) is 25.4. The summed E-state index contributed by atoms with van der Waals surface area (Å²) in [6, 6.07) is 57.7. The van der Waals surface area contributed by atoms with Gasteiger partial charge in [0.1, 0.15) is 0 Å². The van der Waals surface area contributed by atoms with Crippen LogP contribution in [0.25, 0.3) is 77.5 Å². The quantitative estimate of drug-likeness (QED) is 0.174. The van der Waals surface area contributed by atoms with Gasteiger partial charge in [-0.05, 0) is 124 Å². The number of aromatic nitrogens is 4. The maximum Gasteiger partial charge on any atom is 0.0625 e. The van der Waals surface area contributed by atoms with E-state index in [4.69, 9.17) is 0 Å². The van der Waals surface area contributed by atoms with Gasteiger partial charge in [-0.15, -0.1) is 0 Å². The molecule has 52 heavy (non-hydrogen) atoms. The third-order valence-electron chi connectivity index (χ3n) is 10.8. The fourth-order valence-electron chi connectivity index (χ4n) is 8.65. The second-order valence-electron chi connectivity index (χ2n) is 14.1. The van der Waals surface area contributed by atoms with Crippen LogP contribution in [-0.4, -0.2) is 18.3 Å². The smallest absolute Gasteiger partial charge is 0.0625 e. The van der Waals surface area contributed by atoms with Crippen molar-refractivity contribution in [2.75, 3.05) is 0 Å². The first-order valence-electron chi connectivity index (χ1n) is 18.0. The van der Waals surface area contributed by atoms with Crippen molar-refractivity contribution < 1.29 is 0 Å². The number of fused-ring (bicyclic) bond motifs is 6. The van der Waals surface area contributed by atoms with Crippen molar-refractivity contribution in [3.05, 3.63) is 181 Å². The first kappa shape index (κ1) is 30.3. The molecule has 0 saturated carbocycles. The Labute approximate surface area is 303 Å². The first-order valence-corrected chi connectivity index (χ1v) is 18.0. The average Bonchev–Trinajstić information content (AvgIpc) is 3.90. The molecule has 6 aromatic carbocycles. The molecule has 0 aliphatic rings. The van der Waals surface area contributed by atoms with E-state index in [-0.39, 0.29) is 0 Å². The fraction of sp³-hybridized carbons (Fsp3) is 0.0833. The summed E-state index contributed by atoms with van der Waals surface area (Å²) in [7, 11) is 0. The lowest BCUT2D eigenvalue weighted by atomic mass is 10.0. The molecule has 10 rings (SSSR count). The van der Waals surface area contributed by atoms with Gasteiger partial charge < -0.3 is 18.3 Å². The minimum atomic E-state index is 1.16. The van der Waals surface area contributed by atoms with Crippen molar-refractivity contribution >= 4 is 43.6 Å². The third kappa shape index (κ3) is 4.54. The zero-order valence-corrected chi connectivity index (χ0v) is 29.8. The topological polar surface area (TPSA) is 19.7 Å². The van der Waals surface area contributed by atoms with Crippen LogP contribution in [0.5, 0.6) is 0 Å². The number of hydrogen-bond acceptors (Lipinski definition) is 0. The molecule has 4 aromatic heterocycles. The zero-order chi connectivity index (χ0) is 35.1. The van der Waals surface area contributed by atoms with Crippen LogP contribution in [0.4, 0.5) is 0 Å². The van der Waals surface area contributed by atoms with Crippen LogP contribution in [0, 0.1) is 27.7 Å². The summed E-state index contributed by atoms with van der Waals surface area (Å²) in [6.07, 6.45) is 0. The Morgan fingerprint density at radius 1 is 0.308 bits per heavy atom. The van der Waals surface area contributed by atoms with E-state index in [9.17, 15) is 0 Å². The second kappa shape index (κ2) is 11.5. The monoisotopic (exact) mass is 670 g/mol. The number of rotatable bonds is 5. The highest BCUT2D eigenvalue weighted by atomic mass is 15.0. The van der Waals surface area contributed by atoms with Gasteiger partial charge in [-0.1, -0.05) is 72.8 Å². The summed E-state index contributed by atoms with van der Waals surface area (Å²) >= 11 is 0. The van der Waals surface area contributed by atoms with Crippen LogP contribution in [-0.2, 0) is 0 Å². The molecule has 0 spiro atoms. The number of benzene rings is 6. The summed E-state index contributed by atoms with van der Waals surface area (Å²) in [5.74, 6) is 0. The third-order valence-corrected chi connectivity index (χ3v) is 10.8. The lowest BCUT2D eigenvalue weighted by molar-refractivity contribution is 1.05. The van der Waals surface area contributed by atoms with Crippen LogP contribution in [0.3, 0.4) is 0 Å². The van der Waals surface area contributed by atoms with Gasteiger partial charge in [0.2, 0.25) is 0 Å². The van der Waals surface area contributed by atoms with E-state index in [1.54, 1.807) is 0 Å². The Balaban J connectivity index is 1.11. The van der Waals surface area contributed by atoms with Crippen molar-refractivity contribution in [1.29, 1.82) is 0 Å². The van der Waals surface area contributed by atoms with Gasteiger partial charge in [0, 0.05) is 67.1 Å². The van der Waals surface area contributed by atoms with E-state index in [1.165, 1.54) is 88.9 Å². The van der Waals surface area contributed by atoms with Gasteiger partial charge in [-0.25, -0.2) is 0 Å². The number of hydrogen-bond donors (Lipinski definition) is 0. The van der Waals surface area contributed by atoms with Crippen LogP contribution < -0.4 is 0 Å². The fourth-order valence-corrected chi connectivity index (χ4v) is 8.65. The van der Waals surface area contributed by atoms with Gasteiger partial charge in [0.05, 0.1) is 22.1 Å². The molecule has 4 heterocycles. The summed E-state index contributed by atoms with van der Waals surface area (Å²) in [4.78, 5) is 0. The molecule has 0 amide bonds. The lowest BCUT2D eigenvalue weighted by Crippen LogP contribution is -1.99. The van der Waals surface area contributed by atoms with Crippen molar-refractivity contribution in [3.63, 3.8) is 0 Å². The van der Waals surface area contributed by atoms with Crippen LogP contribution in [0.1, 0.15) is 22.8 Å². The predicted octanol–water partition coefficient (Wildman–Crippen LogP) is 12.4. The minimum absolute atomic E-state index is 1.16. The normalized spacial score (nSPS) is 11.8. The molecule has 0 radical (unpaired) electrons. The molecule has 0 saturated heterocycles. The Kier molecular flexibility index (Phi) is 6.71. The van der Waals surface area contributed by atoms with E-state index in [0.29, 0.717) is 0 Å². The summed E-state index contributed by atoms with van der Waals surface area (Å²) in [6.45, 7) is 8.84. The summed E-state index contributed by atoms with van der Waals surface area (Å²) in [5, 5.41) is 5.02. The maximum atomic E-state index is 2.43. The van der Waals surface area contributed by atoms with Gasteiger partial charge in [0.15, 0.2) is 0 Å². The summed E-state index contributed by atoms with van der Waals surface area (Å²) in [5.41, 5.74) is 16.9. The highest BCUT2D eigenvalue weighted by molar-refractivity contribution is 6.08. The molecule has 250 valence electrons.